The van der Waals surface area contributed by atoms with Crippen LogP contribution in [0.15, 0.2) is 30.3 Å². The van der Waals surface area contributed by atoms with Gasteiger partial charge in [0.2, 0.25) is 0 Å². The SMILES string of the molecule is Cc1ccc(C(=O)Nc2cccc(C)c2C#N)s1. The molecule has 0 bridgehead atoms. The Labute approximate surface area is 110 Å². The quantitative estimate of drug-likeness (QED) is 0.894. The zero-order valence-electron chi connectivity index (χ0n) is 10.2. The van der Waals surface area contributed by atoms with Gasteiger partial charge in [-0.25, -0.2) is 0 Å². The van der Waals surface area contributed by atoms with Crippen LogP contribution in [0.3, 0.4) is 0 Å². The molecule has 0 aliphatic carbocycles. The number of rotatable bonds is 2. The normalized spacial score (nSPS) is 9.83. The van der Waals surface area contributed by atoms with Crippen LogP contribution in [-0.4, -0.2) is 5.91 Å². The lowest BCUT2D eigenvalue weighted by molar-refractivity contribution is 0.103. The molecule has 18 heavy (non-hydrogen) atoms. The molecule has 0 spiro atoms. The number of thiophene rings is 1. The Morgan fingerprint density at radius 3 is 2.67 bits per heavy atom. The second-order valence-corrected chi connectivity index (χ2v) is 5.26. The second kappa shape index (κ2) is 5.03. The number of amides is 1. The van der Waals surface area contributed by atoms with Crippen LogP contribution in [0, 0.1) is 25.2 Å². The van der Waals surface area contributed by atoms with Crippen LogP contribution in [0.25, 0.3) is 0 Å². The summed E-state index contributed by atoms with van der Waals surface area (Å²) in [6.07, 6.45) is 0. The third-order valence-corrected chi connectivity index (χ3v) is 3.60. The fourth-order valence-electron chi connectivity index (χ4n) is 1.66. The lowest BCUT2D eigenvalue weighted by Crippen LogP contribution is -2.11. The van der Waals surface area contributed by atoms with E-state index in [4.69, 9.17) is 5.26 Å². The molecular weight excluding hydrogens is 244 g/mol. The van der Waals surface area contributed by atoms with E-state index in [-0.39, 0.29) is 5.91 Å². The fourth-order valence-corrected chi connectivity index (χ4v) is 2.42. The van der Waals surface area contributed by atoms with Crippen molar-refractivity contribution < 1.29 is 4.79 Å². The number of carbonyl (C=O) groups excluding carboxylic acids is 1. The molecule has 1 aromatic heterocycles. The van der Waals surface area contributed by atoms with E-state index in [2.05, 4.69) is 11.4 Å². The van der Waals surface area contributed by atoms with Gasteiger partial charge in [-0.15, -0.1) is 11.3 Å². The molecule has 1 aromatic carbocycles. The van der Waals surface area contributed by atoms with Gasteiger partial charge < -0.3 is 5.32 Å². The van der Waals surface area contributed by atoms with Crippen LogP contribution in [-0.2, 0) is 0 Å². The van der Waals surface area contributed by atoms with Crippen molar-refractivity contribution in [1.82, 2.24) is 0 Å². The molecule has 2 aromatic rings. The first-order valence-corrected chi connectivity index (χ1v) is 6.31. The van der Waals surface area contributed by atoms with Crippen LogP contribution in [0.4, 0.5) is 5.69 Å². The fraction of sp³-hybridized carbons (Fsp3) is 0.143. The molecule has 1 heterocycles. The summed E-state index contributed by atoms with van der Waals surface area (Å²) in [4.78, 5) is 13.7. The zero-order valence-corrected chi connectivity index (χ0v) is 11.0. The van der Waals surface area contributed by atoms with Gasteiger partial charge in [0, 0.05) is 4.88 Å². The summed E-state index contributed by atoms with van der Waals surface area (Å²) in [6.45, 7) is 3.80. The van der Waals surface area contributed by atoms with E-state index >= 15 is 0 Å². The minimum Gasteiger partial charge on any atom is -0.320 e. The number of nitrogens with zero attached hydrogens (tertiary/aromatic N) is 1. The van der Waals surface area contributed by atoms with Crippen molar-refractivity contribution in [2.24, 2.45) is 0 Å². The number of aryl methyl sites for hydroxylation is 2. The smallest absolute Gasteiger partial charge is 0.265 e. The number of nitriles is 1. The summed E-state index contributed by atoms with van der Waals surface area (Å²) in [7, 11) is 0. The highest BCUT2D eigenvalue weighted by Crippen LogP contribution is 2.21. The zero-order chi connectivity index (χ0) is 13.1. The van der Waals surface area contributed by atoms with Crippen molar-refractivity contribution in [1.29, 1.82) is 5.26 Å². The summed E-state index contributed by atoms with van der Waals surface area (Å²) in [5.41, 5.74) is 1.94. The van der Waals surface area contributed by atoms with Gasteiger partial charge in [-0.1, -0.05) is 12.1 Å². The highest BCUT2D eigenvalue weighted by atomic mass is 32.1. The van der Waals surface area contributed by atoms with Crippen molar-refractivity contribution in [2.75, 3.05) is 5.32 Å². The molecule has 0 unspecified atom stereocenters. The van der Waals surface area contributed by atoms with E-state index in [1.54, 1.807) is 12.1 Å². The lowest BCUT2D eigenvalue weighted by Gasteiger charge is -2.07. The van der Waals surface area contributed by atoms with Crippen molar-refractivity contribution in [2.45, 2.75) is 13.8 Å². The van der Waals surface area contributed by atoms with Crippen LogP contribution in [0.5, 0.6) is 0 Å². The second-order valence-electron chi connectivity index (χ2n) is 3.97. The van der Waals surface area contributed by atoms with E-state index in [9.17, 15) is 4.79 Å². The van der Waals surface area contributed by atoms with Gasteiger partial charge in [0.1, 0.15) is 6.07 Å². The van der Waals surface area contributed by atoms with E-state index in [1.165, 1.54) is 11.3 Å². The minimum atomic E-state index is -0.171. The number of benzene rings is 1. The first-order valence-electron chi connectivity index (χ1n) is 5.49. The Morgan fingerprint density at radius 2 is 2.06 bits per heavy atom. The molecule has 0 fully saturated rings. The minimum absolute atomic E-state index is 0.171. The molecule has 3 nitrogen and oxygen atoms in total. The Bertz CT molecular complexity index is 637. The summed E-state index contributed by atoms with van der Waals surface area (Å²) >= 11 is 1.44. The average molecular weight is 256 g/mol. The van der Waals surface area contributed by atoms with E-state index in [0.29, 0.717) is 16.1 Å². The summed E-state index contributed by atoms with van der Waals surface area (Å²) in [6, 6.07) is 11.2. The van der Waals surface area contributed by atoms with E-state index in [1.807, 2.05) is 32.0 Å². The largest absolute Gasteiger partial charge is 0.320 e. The number of hydrogen-bond acceptors (Lipinski definition) is 3. The summed E-state index contributed by atoms with van der Waals surface area (Å²) in [5, 5.41) is 11.9. The maximum atomic E-state index is 12.0. The number of nitrogens with one attached hydrogen (secondary N) is 1. The monoisotopic (exact) mass is 256 g/mol. The maximum absolute atomic E-state index is 12.0. The molecule has 4 heteroatoms. The molecule has 0 radical (unpaired) electrons. The van der Waals surface area contributed by atoms with Gasteiger partial charge >= 0.3 is 0 Å². The van der Waals surface area contributed by atoms with Gasteiger partial charge in [-0.05, 0) is 37.6 Å². The van der Waals surface area contributed by atoms with Crippen molar-refractivity contribution in [3.8, 4) is 6.07 Å². The predicted molar refractivity (Wildman–Crippen MR) is 72.9 cm³/mol. The molecule has 0 aliphatic rings. The molecule has 1 amide bonds. The average Bonchev–Trinajstić information content (AvgIpc) is 2.76. The van der Waals surface area contributed by atoms with E-state index < -0.39 is 0 Å². The maximum Gasteiger partial charge on any atom is 0.265 e. The van der Waals surface area contributed by atoms with Crippen LogP contribution in [0.1, 0.15) is 25.7 Å². The number of hydrogen-bond donors (Lipinski definition) is 1. The highest BCUT2D eigenvalue weighted by Gasteiger charge is 2.11. The molecular formula is C14H12N2OS. The third-order valence-electron chi connectivity index (χ3n) is 2.60. The Morgan fingerprint density at radius 1 is 1.28 bits per heavy atom. The molecule has 0 atom stereocenters. The third kappa shape index (κ3) is 2.41. The molecule has 0 saturated carbocycles. The van der Waals surface area contributed by atoms with E-state index in [0.717, 1.165) is 10.4 Å². The van der Waals surface area contributed by atoms with Crippen LogP contribution < -0.4 is 5.32 Å². The molecule has 90 valence electrons. The summed E-state index contributed by atoms with van der Waals surface area (Å²) in [5.74, 6) is -0.171. The topological polar surface area (TPSA) is 52.9 Å². The van der Waals surface area contributed by atoms with Crippen molar-refractivity contribution >= 4 is 22.9 Å². The van der Waals surface area contributed by atoms with Gasteiger partial charge in [0.25, 0.3) is 5.91 Å². The Balaban J connectivity index is 2.28. The Kier molecular flexibility index (Phi) is 3.45. The Hall–Kier alpha value is -2.12. The number of carbonyl (C=O) groups is 1. The molecule has 2 rings (SSSR count). The predicted octanol–water partition coefficient (Wildman–Crippen LogP) is 3.49. The lowest BCUT2D eigenvalue weighted by atomic mass is 10.1. The molecule has 0 saturated heterocycles. The van der Waals surface area contributed by atoms with Crippen LogP contribution in [0.2, 0.25) is 0 Å². The highest BCUT2D eigenvalue weighted by molar-refractivity contribution is 7.14. The first-order chi connectivity index (χ1) is 8.61. The van der Waals surface area contributed by atoms with Gasteiger partial charge in [0.05, 0.1) is 16.1 Å². The van der Waals surface area contributed by atoms with Crippen LogP contribution >= 0.6 is 11.3 Å². The van der Waals surface area contributed by atoms with Crippen molar-refractivity contribution in [3.63, 3.8) is 0 Å². The van der Waals surface area contributed by atoms with Gasteiger partial charge in [0.15, 0.2) is 0 Å². The summed E-state index contributed by atoms with van der Waals surface area (Å²) < 4.78 is 0. The standard InChI is InChI=1S/C14H12N2OS/c1-9-4-3-5-12(11(9)8-15)16-14(17)13-7-6-10(2)18-13/h3-7H,1-2H3,(H,16,17). The van der Waals surface area contributed by atoms with Gasteiger partial charge in [-0.2, -0.15) is 5.26 Å². The molecule has 0 aliphatic heterocycles. The molecule has 1 N–H and O–H groups in total. The first kappa shape index (κ1) is 12.3. The van der Waals surface area contributed by atoms with Crippen molar-refractivity contribution in [3.05, 3.63) is 51.2 Å². The van der Waals surface area contributed by atoms with Gasteiger partial charge in [-0.3, -0.25) is 4.79 Å². The number of anilines is 1.